The van der Waals surface area contributed by atoms with E-state index in [1.54, 1.807) is 21.9 Å². The smallest absolute Gasteiger partial charge is 0.326 e. The number of hydrogen-bond acceptors (Lipinski definition) is 21. The Hall–Kier alpha value is -8.35. The lowest BCUT2D eigenvalue weighted by Crippen LogP contribution is -2.51. The predicted octanol–water partition coefficient (Wildman–Crippen LogP) is 0.203. The van der Waals surface area contributed by atoms with Gasteiger partial charge in [-0.1, -0.05) is 64.1 Å². The van der Waals surface area contributed by atoms with Crippen molar-refractivity contribution in [3.8, 4) is 0 Å². The van der Waals surface area contributed by atoms with Gasteiger partial charge in [-0.05, 0) is 73.3 Å². The first-order valence-corrected chi connectivity index (χ1v) is 42.5. The van der Waals surface area contributed by atoms with E-state index in [0.717, 1.165) is 9.87 Å². The minimum atomic E-state index is -4.07. The van der Waals surface area contributed by atoms with Crippen LogP contribution in [0.5, 0.6) is 0 Å². The summed E-state index contributed by atoms with van der Waals surface area (Å²) in [6.07, 6.45) is -3.03. The summed E-state index contributed by atoms with van der Waals surface area (Å²) in [4.78, 5) is 200. The lowest BCUT2D eigenvalue weighted by molar-refractivity contribution is -0.143. The number of carbonyl (C=O) groups is 14. The molecule has 8 atom stereocenters. The van der Waals surface area contributed by atoms with Gasteiger partial charge in [-0.2, -0.15) is 0 Å². The van der Waals surface area contributed by atoms with E-state index >= 15 is 0 Å². The van der Waals surface area contributed by atoms with Gasteiger partial charge in [0.2, 0.25) is 44.3 Å². The first kappa shape index (κ1) is 93.9. The van der Waals surface area contributed by atoms with Crippen LogP contribution in [-0.2, 0) is 73.2 Å². The third kappa shape index (κ3) is 38.1. The number of carboxylic acids is 7. The molecule has 17 N–H and O–H groups in total. The number of rotatable bonds is 49. The van der Waals surface area contributed by atoms with E-state index in [4.69, 9.17) is 15.3 Å². The zero-order chi connectivity index (χ0) is 81.1. The summed E-state index contributed by atoms with van der Waals surface area (Å²) >= 11 is 0. The molecule has 1 aliphatic heterocycles. The van der Waals surface area contributed by atoms with Crippen molar-refractivity contribution in [2.24, 2.45) is 0 Å². The molecule has 39 nitrogen and oxygen atoms in total. The van der Waals surface area contributed by atoms with Gasteiger partial charge in [-0.25, -0.2) is 28.7 Å². The number of nitrogens with zero attached hydrogens (tertiary/aromatic N) is 6. The van der Waals surface area contributed by atoms with E-state index < -0.39 is 194 Å². The van der Waals surface area contributed by atoms with Gasteiger partial charge in [0.15, 0.2) is 0 Å². The Balaban J connectivity index is 1.61. The normalized spacial score (nSPS) is 15.9. The van der Waals surface area contributed by atoms with Gasteiger partial charge in [0.25, 0.3) is 5.91 Å². The van der Waals surface area contributed by atoms with Crippen LogP contribution < -0.4 is 47.7 Å². The molecule has 2 heterocycles. The maximum atomic E-state index is 14.2. The monoisotopic (exact) mass is 1600 g/mol. The highest BCUT2D eigenvalue weighted by Crippen LogP contribution is 2.44. The van der Waals surface area contributed by atoms with Crippen molar-refractivity contribution in [3.63, 3.8) is 0 Å². The molecule has 1 aliphatic rings. The van der Waals surface area contributed by atoms with Gasteiger partial charge in [0, 0.05) is 122 Å². The van der Waals surface area contributed by atoms with E-state index in [-0.39, 0.29) is 127 Å². The molecule has 0 spiro atoms. The van der Waals surface area contributed by atoms with E-state index in [9.17, 15) is 106 Å². The summed E-state index contributed by atoms with van der Waals surface area (Å²) in [5.74, 6) is -13.7. The molecule has 2 aromatic rings. The fourth-order valence-electron chi connectivity index (χ4n) is 12.0. The lowest BCUT2D eigenvalue weighted by Gasteiger charge is -2.39. The predicted molar refractivity (Wildman–Crippen MR) is 395 cm³/mol. The molecule has 1 fully saturated rings. The Bertz CT molecular complexity index is 3490. The van der Waals surface area contributed by atoms with Crippen LogP contribution in [-0.4, -0.2) is 288 Å². The number of aromatic nitrogens is 3. The molecule has 1 aromatic heterocycles. The average molecular weight is 1610 g/mol. The Kier molecular flexibility index (Phi) is 40.2. The standard InChI is InChI=1S/C65H107N14O25P3Si/c1-64(2,3)108(65(4,5)6)44-14-12-42(13-15-44)57(90)69-37-49(79-38-43(74-75-79)36-68-52(82)23-34-106(101,102)40-77-29-27-76(39-105-33-22-55(86)87)28-30-78(32-31-77)41-107(103,104)35-24-56(88)89)58(91)71-46(60(94)95)10-7-8-25-66-50(80)19-20-51(81)67-26-9-11-45(59(92)93)70-53(83)18-16-47(61(96)97)72-63(100)73-48(62(98)99)17-21-54(84)85/h12-15,38,45-49,105,108H,7-11,16-37,39-41H2,1-6H3,(H,66,80)(H,67,81)(H,68,82)(H,69,90)(H,70,83)(H,71,91)(H,84,85)(H,86,87)(H,88,89)(H,92,93)(H,94,95)(H,96,97)(H,98,99)(H,101,102)(H,103,104)(H2,72,73,100)/t45-,46+,47+,48+,49+/m1/s1. The van der Waals surface area contributed by atoms with E-state index in [0.29, 0.717) is 38.6 Å². The SMILES string of the molecule is CC(C)(C)[SiH](c1ccc(C(=O)NC[C@@H](C(=O)N[C@@H](CCCCNC(=O)CCC(=O)NCCC[C@@H](NC(=O)CC[C@H](NC(=O)N[C@@H](CCC(=O)O)C(=O)O)C(=O)O)C(=O)O)C(=O)O)n2cc(CNC(=O)CCP(=O)(O)CN3CCN(CPCCC(=O)O)CCN(CP(=O)(O)CCC(=O)O)CC3)nn2)cc1)C(C)(C)C. The highest BCUT2D eigenvalue weighted by Gasteiger charge is 2.38. The quantitative estimate of drug-likeness (QED) is 0.0239. The Morgan fingerprint density at radius 2 is 0.963 bits per heavy atom. The summed E-state index contributed by atoms with van der Waals surface area (Å²) < 4.78 is 27.9. The van der Waals surface area contributed by atoms with Crippen molar-refractivity contribution in [1.82, 2.24) is 72.2 Å². The number of unbranched alkanes of at least 4 members (excludes halogenated alkanes) is 1. The summed E-state index contributed by atoms with van der Waals surface area (Å²) in [7, 11) is -9.38. The molecule has 0 aliphatic carbocycles. The molecule has 43 heteroatoms. The largest absolute Gasteiger partial charge is 0.481 e. The topological polar surface area (TPSA) is 592 Å². The minimum absolute atomic E-state index is 0.00318. The molecule has 0 saturated carbocycles. The van der Waals surface area contributed by atoms with Crippen LogP contribution in [0.15, 0.2) is 30.5 Å². The molecule has 0 bridgehead atoms. The van der Waals surface area contributed by atoms with E-state index in [1.807, 2.05) is 27.7 Å². The second-order valence-corrected chi connectivity index (χ2v) is 39.7. The number of hydrogen-bond donors (Lipinski definition) is 17. The maximum Gasteiger partial charge on any atom is 0.326 e. The van der Waals surface area contributed by atoms with E-state index in [1.165, 1.54) is 6.20 Å². The molecule has 606 valence electrons. The number of urea groups is 1. The molecule has 0 radical (unpaired) electrons. The molecule has 1 aromatic carbocycles. The van der Waals surface area contributed by atoms with Crippen LogP contribution in [0, 0.1) is 0 Å². The van der Waals surface area contributed by atoms with Gasteiger partial charge in [-0.3, -0.25) is 67.0 Å². The lowest BCUT2D eigenvalue weighted by atomic mass is 10.1. The Morgan fingerprint density at radius 3 is 1.46 bits per heavy atom. The van der Waals surface area contributed by atoms with Crippen molar-refractivity contribution in [1.29, 1.82) is 0 Å². The molecule has 8 amide bonds. The third-order valence-electron chi connectivity index (χ3n) is 17.2. The van der Waals surface area contributed by atoms with Crippen LogP contribution in [0.1, 0.15) is 154 Å². The number of benzene rings is 1. The van der Waals surface area contributed by atoms with Crippen LogP contribution in [0.3, 0.4) is 0 Å². The fourth-order valence-corrected chi connectivity index (χ4v) is 21.6. The molecule has 1 saturated heterocycles. The van der Waals surface area contributed by atoms with Crippen LogP contribution in [0.2, 0.25) is 10.1 Å². The summed E-state index contributed by atoms with van der Waals surface area (Å²) in [6.45, 7) is 14.2. The Labute approximate surface area is 628 Å². The second kappa shape index (κ2) is 46.2. The number of amides is 8. The fraction of sp³-hybridized carbons (Fsp3) is 0.662. The summed E-state index contributed by atoms with van der Waals surface area (Å²) in [6, 6.07) is -1.86. The minimum Gasteiger partial charge on any atom is -0.481 e. The highest BCUT2D eigenvalue weighted by atomic mass is 31.2. The molecular formula is C65H107N14O25P3Si. The number of nitrogens with one attached hydrogen (secondary N) is 8. The van der Waals surface area contributed by atoms with Gasteiger partial charge in [0.1, 0.15) is 35.9 Å². The third-order valence-corrected chi connectivity index (χ3v) is 26.5. The van der Waals surface area contributed by atoms with Gasteiger partial charge in [-0.15, -0.1) is 13.7 Å². The molecule has 108 heavy (non-hydrogen) atoms. The second-order valence-electron chi connectivity index (χ2n) is 28.5. The average Bonchev–Trinajstić information content (AvgIpc) is 0.946. The summed E-state index contributed by atoms with van der Waals surface area (Å²) in [5, 5.41) is 94.2. The number of carbonyl (C=O) groups excluding carboxylic acids is 7. The van der Waals surface area contributed by atoms with Crippen molar-refractivity contribution >= 4 is 121 Å². The maximum absolute atomic E-state index is 14.2. The highest BCUT2D eigenvalue weighted by molar-refractivity contribution is 7.58. The molecular weight excluding hydrogens is 1500 g/mol. The van der Waals surface area contributed by atoms with Gasteiger partial charge in [0.05, 0.1) is 40.5 Å². The van der Waals surface area contributed by atoms with Gasteiger partial charge < -0.3 is 88.1 Å². The zero-order valence-electron chi connectivity index (χ0n) is 61.7. The van der Waals surface area contributed by atoms with Crippen LogP contribution >= 0.6 is 23.3 Å². The van der Waals surface area contributed by atoms with Crippen molar-refractivity contribution in [2.75, 3.05) is 96.2 Å². The van der Waals surface area contributed by atoms with Crippen molar-refractivity contribution in [3.05, 3.63) is 41.7 Å². The van der Waals surface area contributed by atoms with Crippen molar-refractivity contribution < 1.29 is 122 Å². The molecule has 3 unspecified atom stereocenters. The van der Waals surface area contributed by atoms with Gasteiger partial charge >= 0.3 is 47.8 Å². The van der Waals surface area contributed by atoms with Crippen LogP contribution in [0.25, 0.3) is 0 Å². The van der Waals surface area contributed by atoms with Crippen LogP contribution in [0.4, 0.5) is 4.79 Å². The van der Waals surface area contributed by atoms with Crippen molar-refractivity contribution in [2.45, 2.75) is 178 Å². The first-order chi connectivity index (χ1) is 50.4. The summed E-state index contributed by atoms with van der Waals surface area (Å²) in [5.41, 5.74) is 0.379. The number of aliphatic carboxylic acids is 7. The van der Waals surface area contributed by atoms with E-state index in [2.05, 4.69) is 83.8 Å². The molecule has 3 rings (SSSR count). The Morgan fingerprint density at radius 1 is 0.509 bits per heavy atom. The zero-order valence-corrected chi connectivity index (χ0v) is 65.6. The first-order valence-electron chi connectivity index (χ1n) is 35.3. The number of carboxylic acid groups (broad SMARTS) is 7.